The summed E-state index contributed by atoms with van der Waals surface area (Å²) in [7, 11) is 0. The summed E-state index contributed by atoms with van der Waals surface area (Å²) in [4.78, 5) is 15.1. The standard InChI is InChI=1S/C25H29N3O2/c26-16-21-11-7-10-19-12-15-28(24(23(19)21)20-8-3-1-4-9-20)22(29)17-27-18-25(30)13-5-2-6-14-25/h1,3-4,7-11,24,27,30H,2,5-6,12-15,17-18H2/t24-/m0/s1. The molecule has 2 aromatic rings. The number of nitriles is 1. The van der Waals surface area contributed by atoms with E-state index in [1.807, 2.05) is 47.4 Å². The Morgan fingerprint density at radius 3 is 2.63 bits per heavy atom. The molecule has 0 spiro atoms. The van der Waals surface area contributed by atoms with Gasteiger partial charge in [0.2, 0.25) is 5.91 Å². The first-order valence-electron chi connectivity index (χ1n) is 10.9. The van der Waals surface area contributed by atoms with Crippen molar-refractivity contribution in [2.45, 2.75) is 50.2 Å². The van der Waals surface area contributed by atoms with E-state index in [9.17, 15) is 15.2 Å². The molecule has 1 saturated carbocycles. The van der Waals surface area contributed by atoms with Crippen LogP contribution in [0, 0.1) is 11.3 Å². The van der Waals surface area contributed by atoms with Gasteiger partial charge in [-0.05, 0) is 36.5 Å². The fourth-order valence-corrected chi connectivity index (χ4v) is 4.92. The van der Waals surface area contributed by atoms with E-state index in [0.29, 0.717) is 18.7 Å². The molecule has 1 aliphatic carbocycles. The Morgan fingerprint density at radius 1 is 1.13 bits per heavy atom. The number of hydrogen-bond acceptors (Lipinski definition) is 4. The molecule has 4 rings (SSSR count). The molecule has 5 heteroatoms. The lowest BCUT2D eigenvalue weighted by molar-refractivity contribution is -0.132. The summed E-state index contributed by atoms with van der Waals surface area (Å²) in [6.07, 6.45) is 5.59. The van der Waals surface area contributed by atoms with Gasteiger partial charge in [0.25, 0.3) is 0 Å². The number of nitrogens with one attached hydrogen (secondary N) is 1. The minimum absolute atomic E-state index is 0.00153. The Labute approximate surface area is 178 Å². The van der Waals surface area contributed by atoms with Gasteiger partial charge in [-0.1, -0.05) is 61.7 Å². The quantitative estimate of drug-likeness (QED) is 0.803. The van der Waals surface area contributed by atoms with Gasteiger partial charge in [0, 0.05) is 18.7 Å². The third kappa shape index (κ3) is 4.26. The van der Waals surface area contributed by atoms with Crippen LogP contribution in [-0.2, 0) is 11.2 Å². The van der Waals surface area contributed by atoms with Crippen LogP contribution in [0.3, 0.4) is 0 Å². The van der Waals surface area contributed by atoms with Crippen molar-refractivity contribution < 1.29 is 9.90 Å². The lowest BCUT2D eigenvalue weighted by Gasteiger charge is -2.39. The maximum absolute atomic E-state index is 13.2. The highest BCUT2D eigenvalue weighted by Gasteiger charge is 2.34. The van der Waals surface area contributed by atoms with E-state index < -0.39 is 5.60 Å². The molecule has 0 bridgehead atoms. The topological polar surface area (TPSA) is 76.4 Å². The summed E-state index contributed by atoms with van der Waals surface area (Å²) >= 11 is 0. The Morgan fingerprint density at radius 2 is 1.90 bits per heavy atom. The third-order valence-electron chi connectivity index (χ3n) is 6.47. The van der Waals surface area contributed by atoms with Crippen molar-refractivity contribution in [3.8, 4) is 6.07 Å². The molecule has 0 radical (unpaired) electrons. The fourth-order valence-electron chi connectivity index (χ4n) is 4.92. The first kappa shape index (κ1) is 20.6. The monoisotopic (exact) mass is 403 g/mol. The van der Waals surface area contributed by atoms with Gasteiger partial charge in [0.15, 0.2) is 0 Å². The number of carbonyl (C=O) groups excluding carboxylic acids is 1. The second-order valence-corrected chi connectivity index (χ2v) is 8.53. The van der Waals surface area contributed by atoms with E-state index in [-0.39, 0.29) is 18.5 Å². The molecule has 5 nitrogen and oxygen atoms in total. The smallest absolute Gasteiger partial charge is 0.237 e. The van der Waals surface area contributed by atoms with Gasteiger partial charge in [0.1, 0.15) is 0 Å². The molecule has 1 amide bonds. The van der Waals surface area contributed by atoms with Crippen LogP contribution in [-0.4, -0.2) is 41.1 Å². The second kappa shape index (κ2) is 8.99. The van der Waals surface area contributed by atoms with Crippen molar-refractivity contribution in [2.24, 2.45) is 0 Å². The second-order valence-electron chi connectivity index (χ2n) is 8.53. The van der Waals surface area contributed by atoms with E-state index >= 15 is 0 Å². The molecular weight excluding hydrogens is 374 g/mol. The van der Waals surface area contributed by atoms with Crippen LogP contribution in [0.5, 0.6) is 0 Å². The minimum Gasteiger partial charge on any atom is -0.389 e. The molecule has 0 aromatic heterocycles. The van der Waals surface area contributed by atoms with Gasteiger partial charge in [-0.2, -0.15) is 5.26 Å². The molecule has 2 aromatic carbocycles. The number of amides is 1. The first-order valence-corrected chi connectivity index (χ1v) is 10.9. The summed E-state index contributed by atoms with van der Waals surface area (Å²) in [5.41, 5.74) is 3.02. The van der Waals surface area contributed by atoms with Crippen molar-refractivity contribution in [1.82, 2.24) is 10.2 Å². The van der Waals surface area contributed by atoms with Crippen LogP contribution in [0.4, 0.5) is 0 Å². The summed E-state index contributed by atoms with van der Waals surface area (Å²) in [6, 6.07) is 17.8. The van der Waals surface area contributed by atoms with E-state index in [1.165, 1.54) is 6.42 Å². The number of fused-ring (bicyclic) bond motifs is 1. The van der Waals surface area contributed by atoms with Crippen LogP contribution in [0.1, 0.15) is 60.4 Å². The zero-order valence-electron chi connectivity index (χ0n) is 17.3. The van der Waals surface area contributed by atoms with Gasteiger partial charge in [-0.15, -0.1) is 0 Å². The Hall–Kier alpha value is -2.68. The summed E-state index contributed by atoms with van der Waals surface area (Å²) in [5, 5.41) is 23.6. The molecule has 1 fully saturated rings. The number of aliphatic hydroxyl groups is 1. The molecule has 0 saturated heterocycles. The van der Waals surface area contributed by atoms with Gasteiger partial charge in [-0.25, -0.2) is 0 Å². The molecule has 30 heavy (non-hydrogen) atoms. The molecule has 1 atom stereocenters. The van der Waals surface area contributed by atoms with E-state index in [2.05, 4.69) is 17.5 Å². The third-order valence-corrected chi connectivity index (χ3v) is 6.47. The van der Waals surface area contributed by atoms with Crippen molar-refractivity contribution in [2.75, 3.05) is 19.6 Å². The van der Waals surface area contributed by atoms with Crippen molar-refractivity contribution in [1.29, 1.82) is 5.26 Å². The Balaban J connectivity index is 1.55. The summed E-state index contributed by atoms with van der Waals surface area (Å²) in [6.45, 7) is 1.25. The number of nitrogens with zero attached hydrogens (tertiary/aromatic N) is 2. The summed E-state index contributed by atoms with van der Waals surface area (Å²) < 4.78 is 0. The van der Waals surface area contributed by atoms with Crippen molar-refractivity contribution >= 4 is 5.91 Å². The van der Waals surface area contributed by atoms with E-state index in [1.54, 1.807) is 0 Å². The highest BCUT2D eigenvalue weighted by Crippen LogP contribution is 2.37. The number of hydrogen-bond donors (Lipinski definition) is 2. The molecule has 0 unspecified atom stereocenters. The SMILES string of the molecule is N#Cc1cccc2c1[C@H](c1ccccc1)N(C(=O)CNCC1(O)CCCCC1)CC2. The Kier molecular flexibility index (Phi) is 6.17. The van der Waals surface area contributed by atoms with Gasteiger partial charge in [0.05, 0.1) is 29.8 Å². The number of carbonyl (C=O) groups is 1. The molecule has 2 N–H and O–H groups in total. The van der Waals surface area contributed by atoms with Crippen molar-refractivity contribution in [3.05, 3.63) is 70.8 Å². The van der Waals surface area contributed by atoms with Gasteiger partial charge < -0.3 is 15.3 Å². The predicted molar refractivity (Wildman–Crippen MR) is 116 cm³/mol. The molecule has 1 heterocycles. The van der Waals surface area contributed by atoms with Gasteiger partial charge >= 0.3 is 0 Å². The fraction of sp³-hybridized carbons (Fsp3) is 0.440. The highest BCUT2D eigenvalue weighted by molar-refractivity contribution is 5.80. The zero-order chi connectivity index (χ0) is 21.0. The van der Waals surface area contributed by atoms with Crippen LogP contribution in [0.25, 0.3) is 0 Å². The van der Waals surface area contributed by atoms with Crippen LogP contribution >= 0.6 is 0 Å². The van der Waals surface area contributed by atoms with E-state index in [4.69, 9.17) is 0 Å². The zero-order valence-corrected chi connectivity index (χ0v) is 17.3. The largest absolute Gasteiger partial charge is 0.389 e. The maximum Gasteiger partial charge on any atom is 0.237 e. The molecular formula is C25H29N3O2. The molecule has 156 valence electrons. The average Bonchev–Trinajstić information content (AvgIpc) is 2.78. The lowest BCUT2D eigenvalue weighted by atomic mass is 9.84. The summed E-state index contributed by atoms with van der Waals surface area (Å²) in [5.74, 6) is 0.00153. The van der Waals surface area contributed by atoms with Crippen LogP contribution in [0.15, 0.2) is 48.5 Å². The highest BCUT2D eigenvalue weighted by atomic mass is 16.3. The van der Waals surface area contributed by atoms with Crippen molar-refractivity contribution in [3.63, 3.8) is 0 Å². The molecule has 1 aliphatic heterocycles. The van der Waals surface area contributed by atoms with Crippen LogP contribution in [0.2, 0.25) is 0 Å². The predicted octanol–water partition coefficient (Wildman–Crippen LogP) is 3.32. The maximum atomic E-state index is 13.2. The van der Waals surface area contributed by atoms with E-state index in [0.717, 1.165) is 48.8 Å². The molecule has 2 aliphatic rings. The van der Waals surface area contributed by atoms with Gasteiger partial charge in [-0.3, -0.25) is 4.79 Å². The van der Waals surface area contributed by atoms with Crippen LogP contribution < -0.4 is 5.32 Å². The average molecular weight is 404 g/mol. The Bertz CT molecular complexity index is 929. The normalized spacial score (nSPS) is 20.3. The minimum atomic E-state index is -0.695. The number of rotatable bonds is 5. The lowest BCUT2D eigenvalue weighted by Crippen LogP contribution is -2.48. The number of benzene rings is 2. The first-order chi connectivity index (χ1) is 14.6.